The molecule has 0 aromatic carbocycles. The summed E-state index contributed by atoms with van der Waals surface area (Å²) < 4.78 is 0.900. The topological polar surface area (TPSA) is 54.9 Å². The van der Waals surface area contributed by atoms with Crippen LogP contribution in [0.25, 0.3) is 0 Å². The maximum Gasteiger partial charge on any atom is 0.236 e. The van der Waals surface area contributed by atoms with Crippen LogP contribution >= 0.6 is 39.0 Å². The molecule has 1 aromatic rings. The molecule has 0 aliphatic heterocycles. The minimum absolute atomic E-state index is 0.104. The summed E-state index contributed by atoms with van der Waals surface area (Å²) in [6.45, 7) is 2.11. The Balaban J connectivity index is 2.46. The van der Waals surface area contributed by atoms with E-state index in [1.807, 2.05) is 0 Å². The largest absolute Gasteiger partial charge is 0.300 e. The van der Waals surface area contributed by atoms with Crippen molar-refractivity contribution in [3.05, 3.63) is 0 Å². The third-order valence-corrected chi connectivity index (χ3v) is 3.89. The molecule has 0 saturated carbocycles. The molecule has 0 fully saturated rings. The average molecular weight is 296 g/mol. The maximum atomic E-state index is 11.0. The Morgan fingerprint density at radius 2 is 2.43 bits per heavy atom. The first-order valence-electron chi connectivity index (χ1n) is 4.08. The lowest BCUT2D eigenvalue weighted by molar-refractivity contribution is -0.113. The van der Waals surface area contributed by atoms with E-state index in [0.717, 1.165) is 16.5 Å². The molecule has 0 aliphatic carbocycles. The number of nitrogens with one attached hydrogen (secondary N) is 1. The number of rotatable bonds is 5. The number of hydrogen-bond acceptors (Lipinski definition) is 5. The number of hydrogen-bond donors (Lipinski definition) is 1. The summed E-state index contributed by atoms with van der Waals surface area (Å²) >= 11 is 6.12. The number of halogens is 1. The van der Waals surface area contributed by atoms with Crippen molar-refractivity contribution in [3.8, 4) is 0 Å². The van der Waals surface area contributed by atoms with Gasteiger partial charge in [0.1, 0.15) is 0 Å². The predicted molar refractivity (Wildman–Crippen MR) is 63.3 cm³/mol. The highest BCUT2D eigenvalue weighted by molar-refractivity contribution is 9.09. The highest BCUT2D eigenvalue weighted by Gasteiger charge is 2.06. The van der Waals surface area contributed by atoms with Gasteiger partial charge in [-0.2, -0.15) is 0 Å². The molecule has 0 spiro atoms. The number of carbonyl (C=O) groups is 1. The molecule has 1 rings (SSSR count). The van der Waals surface area contributed by atoms with Gasteiger partial charge in [-0.3, -0.25) is 10.1 Å². The van der Waals surface area contributed by atoms with Crippen LogP contribution in [0, 0.1) is 0 Å². The smallest absolute Gasteiger partial charge is 0.236 e. The number of amides is 1. The van der Waals surface area contributed by atoms with Gasteiger partial charge in [-0.05, 0) is 6.42 Å². The van der Waals surface area contributed by atoms with E-state index >= 15 is 0 Å². The maximum absolute atomic E-state index is 11.0. The highest BCUT2D eigenvalue weighted by atomic mass is 79.9. The van der Waals surface area contributed by atoms with Gasteiger partial charge in [-0.1, -0.05) is 46.0 Å². The number of nitrogens with zero attached hydrogens (tertiary/aromatic N) is 2. The summed E-state index contributed by atoms with van der Waals surface area (Å²) in [6, 6.07) is 0. The average Bonchev–Trinajstić information content (AvgIpc) is 2.62. The molecule has 1 amide bonds. The summed E-state index contributed by atoms with van der Waals surface area (Å²) in [5.41, 5.74) is 0. The van der Waals surface area contributed by atoms with E-state index in [2.05, 4.69) is 38.4 Å². The second kappa shape index (κ2) is 6.36. The van der Waals surface area contributed by atoms with Crippen molar-refractivity contribution < 1.29 is 4.79 Å². The summed E-state index contributed by atoms with van der Waals surface area (Å²) in [7, 11) is 0. The van der Waals surface area contributed by atoms with E-state index in [4.69, 9.17) is 0 Å². The molecule has 1 N–H and O–H groups in total. The molecule has 0 unspecified atom stereocenters. The molecular weight excluding hydrogens is 286 g/mol. The zero-order valence-electron chi connectivity index (χ0n) is 7.62. The molecule has 0 atom stereocenters. The molecule has 4 nitrogen and oxygen atoms in total. The van der Waals surface area contributed by atoms with Crippen molar-refractivity contribution >= 4 is 50.1 Å². The summed E-state index contributed by atoms with van der Waals surface area (Å²) in [5, 5.41) is 11.3. The van der Waals surface area contributed by atoms with Crippen molar-refractivity contribution in [2.45, 2.75) is 17.7 Å². The van der Waals surface area contributed by atoms with Crippen LogP contribution in [0.15, 0.2) is 4.34 Å². The van der Waals surface area contributed by atoms with Gasteiger partial charge in [-0.15, -0.1) is 10.2 Å². The second-order valence-electron chi connectivity index (χ2n) is 2.40. The fourth-order valence-corrected chi connectivity index (χ4v) is 2.49. The Hall–Kier alpha value is -0.140. The normalized spacial score (nSPS) is 10.1. The molecule has 0 saturated heterocycles. The fraction of sp³-hybridized carbons (Fsp3) is 0.571. The molecule has 0 aliphatic rings. The molecule has 14 heavy (non-hydrogen) atoms. The number of anilines is 1. The first kappa shape index (κ1) is 11.9. The van der Waals surface area contributed by atoms with Gasteiger partial charge < -0.3 is 0 Å². The zero-order valence-corrected chi connectivity index (χ0v) is 10.8. The fourth-order valence-electron chi connectivity index (χ4n) is 0.661. The zero-order chi connectivity index (χ0) is 10.4. The predicted octanol–water partition coefficient (Wildman–Crippen LogP) is 2.37. The van der Waals surface area contributed by atoms with Gasteiger partial charge in [0, 0.05) is 5.75 Å². The minimum atomic E-state index is -0.104. The second-order valence-corrected chi connectivity index (χ2v) is 5.28. The highest BCUT2D eigenvalue weighted by Crippen LogP contribution is 2.25. The van der Waals surface area contributed by atoms with E-state index in [9.17, 15) is 4.79 Å². The van der Waals surface area contributed by atoms with Crippen LogP contribution in [0.1, 0.15) is 13.3 Å². The Labute approximate surface area is 99.0 Å². The Bertz CT molecular complexity index is 305. The number of aromatic nitrogens is 2. The van der Waals surface area contributed by atoms with Crippen molar-refractivity contribution in [1.29, 1.82) is 0 Å². The third kappa shape index (κ3) is 3.93. The van der Waals surface area contributed by atoms with Crippen LogP contribution in [-0.2, 0) is 4.79 Å². The Kier molecular flexibility index (Phi) is 5.42. The van der Waals surface area contributed by atoms with Crippen molar-refractivity contribution in [1.82, 2.24) is 10.2 Å². The van der Waals surface area contributed by atoms with Crippen LogP contribution in [0.2, 0.25) is 0 Å². The number of carbonyl (C=O) groups excluding carboxylic acids is 1. The lowest BCUT2D eigenvalue weighted by Gasteiger charge is -1.93. The van der Waals surface area contributed by atoms with Gasteiger partial charge >= 0.3 is 0 Å². The van der Waals surface area contributed by atoms with E-state index in [1.54, 1.807) is 11.8 Å². The Morgan fingerprint density at radius 3 is 3.07 bits per heavy atom. The van der Waals surface area contributed by atoms with Gasteiger partial charge in [0.05, 0.1) is 5.33 Å². The van der Waals surface area contributed by atoms with Gasteiger partial charge in [0.15, 0.2) is 4.34 Å². The summed E-state index contributed by atoms with van der Waals surface area (Å²) in [6.07, 6.45) is 1.10. The molecule has 1 aromatic heterocycles. The standard InChI is InChI=1S/C7H10BrN3OS2/c1-2-3-13-7-11-10-6(14-7)9-5(12)4-8/h2-4H2,1H3,(H,9,10,12). The summed E-state index contributed by atoms with van der Waals surface area (Å²) in [4.78, 5) is 11.0. The monoisotopic (exact) mass is 295 g/mol. The first-order chi connectivity index (χ1) is 6.76. The van der Waals surface area contributed by atoms with Crippen LogP contribution in [0.4, 0.5) is 5.13 Å². The van der Waals surface area contributed by atoms with Crippen LogP contribution in [0.5, 0.6) is 0 Å². The molecule has 78 valence electrons. The molecule has 0 bridgehead atoms. The van der Waals surface area contributed by atoms with E-state index in [1.165, 1.54) is 11.3 Å². The lowest BCUT2D eigenvalue weighted by atomic mass is 10.6. The lowest BCUT2D eigenvalue weighted by Crippen LogP contribution is -2.11. The van der Waals surface area contributed by atoms with Crippen LogP contribution in [-0.4, -0.2) is 27.2 Å². The van der Waals surface area contributed by atoms with Crippen molar-refractivity contribution in [2.75, 3.05) is 16.4 Å². The van der Waals surface area contributed by atoms with Gasteiger partial charge in [0.2, 0.25) is 11.0 Å². The SMILES string of the molecule is CCCSc1nnc(NC(=O)CBr)s1. The van der Waals surface area contributed by atoms with Crippen molar-refractivity contribution in [2.24, 2.45) is 0 Å². The molecule has 7 heteroatoms. The van der Waals surface area contributed by atoms with Gasteiger partial charge in [0.25, 0.3) is 0 Å². The molecular formula is C7H10BrN3OS2. The van der Waals surface area contributed by atoms with Crippen LogP contribution < -0.4 is 5.32 Å². The first-order valence-corrected chi connectivity index (χ1v) is 7.00. The van der Waals surface area contributed by atoms with E-state index < -0.39 is 0 Å². The number of thioether (sulfide) groups is 1. The van der Waals surface area contributed by atoms with E-state index in [0.29, 0.717) is 5.13 Å². The van der Waals surface area contributed by atoms with Crippen LogP contribution in [0.3, 0.4) is 0 Å². The summed E-state index contributed by atoms with van der Waals surface area (Å²) in [5.74, 6) is 0.925. The third-order valence-electron chi connectivity index (χ3n) is 1.20. The van der Waals surface area contributed by atoms with Crippen molar-refractivity contribution in [3.63, 3.8) is 0 Å². The molecule has 0 radical (unpaired) electrons. The molecule has 1 heterocycles. The minimum Gasteiger partial charge on any atom is -0.300 e. The Morgan fingerprint density at radius 1 is 1.64 bits per heavy atom. The number of alkyl halides is 1. The quantitative estimate of drug-likeness (QED) is 0.515. The van der Waals surface area contributed by atoms with Gasteiger partial charge in [-0.25, -0.2) is 0 Å². The van der Waals surface area contributed by atoms with E-state index in [-0.39, 0.29) is 11.2 Å².